The van der Waals surface area contributed by atoms with Crippen molar-refractivity contribution >= 4 is 34.7 Å². The van der Waals surface area contributed by atoms with Crippen molar-refractivity contribution in [1.82, 2.24) is 5.32 Å². The molecule has 152 valence electrons. The Hall–Kier alpha value is -2.63. The number of rotatable bonds is 8. The molecule has 2 aromatic carbocycles. The van der Waals surface area contributed by atoms with Crippen molar-refractivity contribution in [1.29, 1.82) is 0 Å². The van der Waals surface area contributed by atoms with Crippen LogP contribution in [-0.4, -0.2) is 38.0 Å². The average molecular weight is 413 g/mol. The molecule has 0 aromatic heterocycles. The van der Waals surface area contributed by atoms with E-state index in [0.29, 0.717) is 30.2 Å². The molecule has 0 saturated heterocycles. The number of hydrogen-bond acceptors (Lipinski definition) is 5. The number of halogens is 1. The molecule has 6 heteroatoms. The van der Waals surface area contributed by atoms with Crippen molar-refractivity contribution < 1.29 is 14.3 Å². The van der Waals surface area contributed by atoms with Crippen LogP contribution in [0.4, 0.5) is 11.4 Å². The minimum absolute atomic E-state index is 0.105. The highest BCUT2D eigenvalue weighted by atomic mass is 35.5. The van der Waals surface area contributed by atoms with Gasteiger partial charge in [-0.1, -0.05) is 35.9 Å². The highest BCUT2D eigenvalue weighted by molar-refractivity contribution is 6.31. The monoisotopic (exact) mass is 412 g/mol. The van der Waals surface area contributed by atoms with Crippen LogP contribution in [0.1, 0.15) is 29.3 Å². The fourth-order valence-electron chi connectivity index (χ4n) is 3.42. The van der Waals surface area contributed by atoms with Gasteiger partial charge in [-0.2, -0.15) is 0 Å². The first-order chi connectivity index (χ1) is 14.1. The molecule has 1 heterocycles. The first kappa shape index (κ1) is 21.1. The zero-order valence-corrected chi connectivity index (χ0v) is 17.2. The summed E-state index contributed by atoms with van der Waals surface area (Å²) in [7, 11) is 0. The molecule has 1 aliphatic rings. The molecule has 1 N–H and O–H groups in total. The summed E-state index contributed by atoms with van der Waals surface area (Å²) in [5.74, 6) is -0.220. The van der Waals surface area contributed by atoms with Gasteiger partial charge in [-0.05, 0) is 49.7 Å². The number of carbonyl (C=O) groups excluding carboxylic acids is 2. The molecule has 0 aliphatic carbocycles. The largest absolute Gasteiger partial charge is 0.463 e. The van der Waals surface area contributed by atoms with E-state index in [1.807, 2.05) is 36.4 Å². The van der Waals surface area contributed by atoms with Crippen LogP contribution < -0.4 is 10.2 Å². The van der Waals surface area contributed by atoms with Gasteiger partial charge in [0.15, 0.2) is 5.78 Å². The third-order valence-corrected chi connectivity index (χ3v) is 4.96. The Morgan fingerprint density at radius 2 is 2.07 bits per heavy atom. The number of carbonyl (C=O) groups is 2. The first-order valence-electron chi connectivity index (χ1n) is 9.82. The SMILES string of the molecule is CCOC(=O)/C=C/CNCCCN1c2ccccc2CC(=O)c2ccc(Cl)cc21. The first-order valence-corrected chi connectivity index (χ1v) is 10.2. The zero-order valence-electron chi connectivity index (χ0n) is 16.5. The fourth-order valence-corrected chi connectivity index (χ4v) is 3.59. The number of para-hydroxylation sites is 1. The molecule has 0 bridgehead atoms. The van der Waals surface area contributed by atoms with Gasteiger partial charge in [0.05, 0.1) is 12.3 Å². The molecule has 3 rings (SSSR count). The Morgan fingerprint density at radius 1 is 1.24 bits per heavy atom. The maximum absolute atomic E-state index is 12.7. The van der Waals surface area contributed by atoms with E-state index in [9.17, 15) is 9.59 Å². The molecule has 29 heavy (non-hydrogen) atoms. The Labute approximate surface area is 176 Å². The zero-order chi connectivity index (χ0) is 20.6. The second kappa shape index (κ2) is 10.2. The van der Waals surface area contributed by atoms with Crippen LogP contribution in [0.15, 0.2) is 54.6 Å². The van der Waals surface area contributed by atoms with Crippen molar-refractivity contribution in [3.63, 3.8) is 0 Å². The maximum Gasteiger partial charge on any atom is 0.330 e. The van der Waals surface area contributed by atoms with Gasteiger partial charge in [-0.25, -0.2) is 4.79 Å². The Balaban J connectivity index is 1.67. The lowest BCUT2D eigenvalue weighted by Gasteiger charge is -2.27. The van der Waals surface area contributed by atoms with Crippen LogP contribution in [-0.2, 0) is 16.0 Å². The molecule has 5 nitrogen and oxygen atoms in total. The molecular formula is C23H25ClN2O3. The highest BCUT2D eigenvalue weighted by Crippen LogP contribution is 2.37. The minimum atomic E-state index is -0.325. The van der Waals surface area contributed by atoms with Crippen molar-refractivity contribution in [2.75, 3.05) is 31.1 Å². The summed E-state index contributed by atoms with van der Waals surface area (Å²) in [6.45, 7) is 4.27. The smallest absolute Gasteiger partial charge is 0.330 e. The molecule has 0 unspecified atom stereocenters. The minimum Gasteiger partial charge on any atom is -0.463 e. The lowest BCUT2D eigenvalue weighted by molar-refractivity contribution is -0.137. The Kier molecular flexibility index (Phi) is 7.44. The predicted molar refractivity (Wildman–Crippen MR) is 116 cm³/mol. The fraction of sp³-hybridized carbons (Fsp3) is 0.304. The lowest BCUT2D eigenvalue weighted by atomic mass is 10.0. The van der Waals surface area contributed by atoms with Crippen molar-refractivity contribution in [3.8, 4) is 0 Å². The third kappa shape index (κ3) is 5.46. The van der Waals surface area contributed by atoms with Crippen LogP contribution in [0.2, 0.25) is 5.02 Å². The van der Waals surface area contributed by atoms with Crippen molar-refractivity contribution in [2.24, 2.45) is 0 Å². The number of ketones is 1. The van der Waals surface area contributed by atoms with E-state index in [0.717, 1.165) is 36.4 Å². The molecule has 0 atom stereocenters. The molecule has 0 radical (unpaired) electrons. The van der Waals surface area contributed by atoms with Gasteiger partial charge in [-0.15, -0.1) is 0 Å². The number of nitrogens with zero attached hydrogens (tertiary/aromatic N) is 1. The second-order valence-electron chi connectivity index (χ2n) is 6.75. The number of hydrogen-bond donors (Lipinski definition) is 1. The summed E-state index contributed by atoms with van der Waals surface area (Å²) < 4.78 is 4.85. The van der Waals surface area contributed by atoms with E-state index < -0.39 is 0 Å². The number of Topliss-reactive ketones (excluding diaryl/α,β-unsaturated/α-hetero) is 1. The van der Waals surface area contributed by atoms with E-state index in [2.05, 4.69) is 10.2 Å². The van der Waals surface area contributed by atoms with Gasteiger partial charge in [0.1, 0.15) is 0 Å². The van der Waals surface area contributed by atoms with Gasteiger partial charge in [0.2, 0.25) is 0 Å². The summed E-state index contributed by atoms with van der Waals surface area (Å²) in [4.78, 5) is 26.2. The molecule has 1 aliphatic heterocycles. The van der Waals surface area contributed by atoms with Gasteiger partial charge >= 0.3 is 5.97 Å². The van der Waals surface area contributed by atoms with Gasteiger partial charge in [-0.3, -0.25) is 4.79 Å². The number of fused-ring (bicyclic) bond motifs is 2. The van der Waals surface area contributed by atoms with E-state index in [-0.39, 0.29) is 11.8 Å². The molecule has 0 amide bonds. The quantitative estimate of drug-likeness (QED) is 0.397. The highest BCUT2D eigenvalue weighted by Gasteiger charge is 2.25. The van der Waals surface area contributed by atoms with E-state index in [1.165, 1.54) is 6.08 Å². The molecule has 0 spiro atoms. The van der Waals surface area contributed by atoms with E-state index in [4.69, 9.17) is 16.3 Å². The lowest BCUT2D eigenvalue weighted by Crippen LogP contribution is -2.24. The number of ether oxygens (including phenoxy) is 1. The molecular weight excluding hydrogens is 388 g/mol. The number of anilines is 2. The summed E-state index contributed by atoms with van der Waals surface area (Å²) in [6, 6.07) is 13.5. The summed E-state index contributed by atoms with van der Waals surface area (Å²) in [6.07, 6.45) is 4.44. The predicted octanol–water partition coefficient (Wildman–Crippen LogP) is 4.32. The van der Waals surface area contributed by atoms with Crippen LogP contribution in [0, 0.1) is 0 Å². The van der Waals surface area contributed by atoms with Crippen LogP contribution in [0.3, 0.4) is 0 Å². The van der Waals surface area contributed by atoms with Crippen molar-refractivity contribution in [2.45, 2.75) is 19.8 Å². The number of esters is 1. The summed E-state index contributed by atoms with van der Waals surface area (Å²) in [5, 5.41) is 3.91. The summed E-state index contributed by atoms with van der Waals surface area (Å²) >= 11 is 6.24. The molecule has 2 aromatic rings. The van der Waals surface area contributed by atoms with Crippen molar-refractivity contribution in [3.05, 3.63) is 70.8 Å². The average Bonchev–Trinajstić information content (AvgIpc) is 2.81. The summed E-state index contributed by atoms with van der Waals surface area (Å²) in [5.41, 5.74) is 3.63. The topological polar surface area (TPSA) is 58.6 Å². The van der Waals surface area contributed by atoms with E-state index >= 15 is 0 Å². The molecule has 0 fully saturated rings. The van der Waals surface area contributed by atoms with Crippen LogP contribution in [0.5, 0.6) is 0 Å². The second-order valence-corrected chi connectivity index (χ2v) is 7.19. The Morgan fingerprint density at radius 3 is 2.90 bits per heavy atom. The molecule has 0 saturated carbocycles. The number of benzene rings is 2. The van der Waals surface area contributed by atoms with Gasteiger partial charge in [0.25, 0.3) is 0 Å². The Bertz CT molecular complexity index is 911. The van der Waals surface area contributed by atoms with Gasteiger partial charge < -0.3 is 15.0 Å². The van der Waals surface area contributed by atoms with Gasteiger partial charge in [0, 0.05) is 41.9 Å². The normalized spacial score (nSPS) is 13.2. The third-order valence-electron chi connectivity index (χ3n) is 4.72. The maximum atomic E-state index is 12.7. The van der Waals surface area contributed by atoms with E-state index in [1.54, 1.807) is 19.1 Å². The number of nitrogens with one attached hydrogen (secondary N) is 1. The van der Waals surface area contributed by atoms with Crippen LogP contribution in [0.25, 0.3) is 0 Å². The van der Waals surface area contributed by atoms with Crippen LogP contribution >= 0.6 is 11.6 Å². The standard InChI is InChI=1S/C23H25ClN2O3/c1-2-29-23(28)9-5-12-25-13-6-14-26-20-8-4-3-7-17(20)15-22(27)19-11-10-18(24)16-21(19)26/h3-5,7-11,16,25H,2,6,12-15H2,1H3/b9-5+.